The van der Waals surface area contributed by atoms with Crippen LogP contribution in [0.5, 0.6) is 0 Å². The lowest BCUT2D eigenvalue weighted by atomic mass is 9.93. The molecule has 0 atom stereocenters. The van der Waals surface area contributed by atoms with E-state index in [0.717, 1.165) is 0 Å². The Bertz CT molecular complexity index is 323. The van der Waals surface area contributed by atoms with Crippen LogP contribution in [0.15, 0.2) is 24.8 Å². The van der Waals surface area contributed by atoms with Crippen molar-refractivity contribution in [2.24, 2.45) is 0 Å². The van der Waals surface area contributed by atoms with Crippen LogP contribution in [0.2, 0.25) is 0 Å². The Kier molecular flexibility index (Phi) is 5.92. The summed E-state index contributed by atoms with van der Waals surface area (Å²) in [4.78, 5) is 0. The van der Waals surface area contributed by atoms with Crippen molar-refractivity contribution in [3.8, 4) is 0 Å². The first-order valence-corrected chi connectivity index (χ1v) is 6.56. The number of hydrogen-bond acceptors (Lipinski definition) is 0. The summed E-state index contributed by atoms with van der Waals surface area (Å²) in [6.07, 6.45) is 9.53. The predicted molar refractivity (Wildman–Crippen MR) is 73.8 cm³/mol. The predicted octanol–water partition coefficient (Wildman–Crippen LogP) is 5.01. The van der Waals surface area contributed by atoms with E-state index in [2.05, 4.69) is 38.6 Å². The third-order valence-corrected chi connectivity index (χ3v) is 3.11. The Morgan fingerprint density at radius 3 is 2.38 bits per heavy atom. The zero-order chi connectivity index (χ0) is 11.8. The highest BCUT2D eigenvalue weighted by molar-refractivity contribution is 5.54. The monoisotopic (exact) mass is 216 g/mol. The summed E-state index contributed by atoms with van der Waals surface area (Å²) in [6.45, 7) is 8.43. The zero-order valence-electron chi connectivity index (χ0n) is 10.8. The summed E-state index contributed by atoms with van der Waals surface area (Å²) >= 11 is 0. The summed E-state index contributed by atoms with van der Waals surface area (Å²) < 4.78 is 0. The highest BCUT2D eigenvalue weighted by Crippen LogP contribution is 2.20. The van der Waals surface area contributed by atoms with E-state index in [1.54, 1.807) is 0 Å². The second-order valence-electron chi connectivity index (χ2n) is 4.40. The van der Waals surface area contributed by atoms with Crippen molar-refractivity contribution in [2.45, 2.75) is 52.4 Å². The minimum absolute atomic E-state index is 1.21. The van der Waals surface area contributed by atoms with E-state index in [1.807, 2.05) is 6.08 Å². The van der Waals surface area contributed by atoms with Gasteiger partial charge in [0.05, 0.1) is 0 Å². The molecule has 0 fully saturated rings. The quantitative estimate of drug-likeness (QED) is 0.600. The van der Waals surface area contributed by atoms with E-state index in [1.165, 1.54) is 55.2 Å². The van der Waals surface area contributed by atoms with Crippen LogP contribution >= 0.6 is 0 Å². The molecule has 0 unspecified atom stereocenters. The van der Waals surface area contributed by atoms with Crippen molar-refractivity contribution in [3.63, 3.8) is 0 Å². The van der Waals surface area contributed by atoms with Crippen LogP contribution in [-0.4, -0.2) is 0 Å². The smallest absolute Gasteiger partial charge is 0.0228 e. The van der Waals surface area contributed by atoms with Crippen LogP contribution in [0, 0.1) is 0 Å². The maximum atomic E-state index is 3.92. The fraction of sp³-hybridized carbons (Fsp3) is 0.500. The maximum absolute atomic E-state index is 3.92. The van der Waals surface area contributed by atoms with Gasteiger partial charge in [-0.05, 0) is 42.4 Å². The third-order valence-electron chi connectivity index (χ3n) is 3.11. The lowest BCUT2D eigenvalue weighted by molar-refractivity contribution is 0.757. The van der Waals surface area contributed by atoms with Crippen molar-refractivity contribution in [2.75, 3.05) is 0 Å². The van der Waals surface area contributed by atoms with Crippen molar-refractivity contribution in [3.05, 3.63) is 41.5 Å². The molecular formula is C16H24. The molecule has 1 aromatic rings. The molecule has 1 aromatic carbocycles. The largest absolute Gasteiger partial charge is 0.0985 e. The summed E-state index contributed by atoms with van der Waals surface area (Å²) in [5.74, 6) is 0. The molecule has 88 valence electrons. The molecule has 0 aliphatic carbocycles. The fourth-order valence-corrected chi connectivity index (χ4v) is 2.11. The Labute approximate surface area is 100 Å². The van der Waals surface area contributed by atoms with Gasteiger partial charge in [-0.25, -0.2) is 0 Å². The standard InChI is InChI=1S/C16H24/c1-4-7-10-15-12-9-11-14(6-3)16(15)13-8-5-2/h6,9,11-12H,3-5,7-8,10,13H2,1-2H3. The topological polar surface area (TPSA) is 0 Å². The molecule has 0 amide bonds. The van der Waals surface area contributed by atoms with Crippen LogP contribution in [0.4, 0.5) is 0 Å². The number of rotatable bonds is 7. The number of hydrogen-bond donors (Lipinski definition) is 0. The van der Waals surface area contributed by atoms with Crippen LogP contribution in [0.25, 0.3) is 6.08 Å². The second-order valence-corrected chi connectivity index (χ2v) is 4.40. The van der Waals surface area contributed by atoms with Crippen LogP contribution in [0.1, 0.15) is 56.2 Å². The van der Waals surface area contributed by atoms with E-state index in [0.29, 0.717) is 0 Å². The van der Waals surface area contributed by atoms with E-state index >= 15 is 0 Å². The first kappa shape index (κ1) is 13.0. The van der Waals surface area contributed by atoms with Gasteiger partial charge in [0.25, 0.3) is 0 Å². The zero-order valence-corrected chi connectivity index (χ0v) is 10.8. The van der Waals surface area contributed by atoms with Gasteiger partial charge >= 0.3 is 0 Å². The molecule has 0 saturated carbocycles. The van der Waals surface area contributed by atoms with E-state index in [9.17, 15) is 0 Å². The molecule has 0 aliphatic rings. The summed E-state index contributed by atoms with van der Waals surface area (Å²) in [7, 11) is 0. The summed E-state index contributed by atoms with van der Waals surface area (Å²) in [5.41, 5.74) is 4.41. The Morgan fingerprint density at radius 1 is 1.06 bits per heavy atom. The molecule has 0 saturated heterocycles. The highest BCUT2D eigenvalue weighted by atomic mass is 14.1. The number of benzene rings is 1. The van der Waals surface area contributed by atoms with Gasteiger partial charge in [-0.2, -0.15) is 0 Å². The molecule has 0 radical (unpaired) electrons. The molecule has 0 aliphatic heterocycles. The average Bonchev–Trinajstić information content (AvgIpc) is 2.33. The fourth-order valence-electron chi connectivity index (χ4n) is 2.11. The van der Waals surface area contributed by atoms with Crippen LogP contribution in [0.3, 0.4) is 0 Å². The lowest BCUT2D eigenvalue weighted by Gasteiger charge is -2.12. The van der Waals surface area contributed by atoms with Gasteiger partial charge in [0.15, 0.2) is 0 Å². The molecule has 0 heterocycles. The lowest BCUT2D eigenvalue weighted by Crippen LogP contribution is -1.98. The SMILES string of the molecule is C=Cc1cccc(CCCC)c1CCCC. The highest BCUT2D eigenvalue weighted by Gasteiger charge is 2.05. The van der Waals surface area contributed by atoms with E-state index < -0.39 is 0 Å². The van der Waals surface area contributed by atoms with Crippen LogP contribution in [-0.2, 0) is 12.8 Å². The van der Waals surface area contributed by atoms with Crippen molar-refractivity contribution >= 4 is 6.08 Å². The minimum atomic E-state index is 1.21. The molecule has 1 rings (SSSR count). The molecule has 0 bridgehead atoms. The normalized spacial score (nSPS) is 10.4. The Hall–Kier alpha value is -1.04. The first-order valence-electron chi connectivity index (χ1n) is 6.56. The average molecular weight is 216 g/mol. The number of aryl methyl sites for hydroxylation is 1. The van der Waals surface area contributed by atoms with Gasteiger partial charge in [-0.3, -0.25) is 0 Å². The molecule has 0 N–H and O–H groups in total. The third kappa shape index (κ3) is 3.52. The van der Waals surface area contributed by atoms with Gasteiger partial charge in [0.2, 0.25) is 0 Å². The van der Waals surface area contributed by atoms with E-state index in [-0.39, 0.29) is 0 Å². The Balaban J connectivity index is 2.90. The second kappa shape index (κ2) is 7.27. The maximum Gasteiger partial charge on any atom is -0.0228 e. The van der Waals surface area contributed by atoms with Gasteiger partial charge in [0.1, 0.15) is 0 Å². The van der Waals surface area contributed by atoms with Gasteiger partial charge in [-0.15, -0.1) is 0 Å². The summed E-state index contributed by atoms with van der Waals surface area (Å²) in [6, 6.07) is 6.64. The van der Waals surface area contributed by atoms with Crippen LogP contribution < -0.4 is 0 Å². The van der Waals surface area contributed by atoms with Crippen molar-refractivity contribution < 1.29 is 0 Å². The Morgan fingerprint density at radius 2 is 1.75 bits per heavy atom. The van der Waals surface area contributed by atoms with E-state index in [4.69, 9.17) is 0 Å². The van der Waals surface area contributed by atoms with Crippen molar-refractivity contribution in [1.82, 2.24) is 0 Å². The van der Waals surface area contributed by atoms with Crippen molar-refractivity contribution in [1.29, 1.82) is 0 Å². The van der Waals surface area contributed by atoms with Gasteiger partial charge in [0, 0.05) is 0 Å². The van der Waals surface area contributed by atoms with Gasteiger partial charge in [-0.1, -0.05) is 57.5 Å². The molecule has 0 spiro atoms. The molecule has 0 heteroatoms. The molecular weight excluding hydrogens is 192 g/mol. The molecule has 0 nitrogen and oxygen atoms in total. The first-order chi connectivity index (χ1) is 7.83. The minimum Gasteiger partial charge on any atom is -0.0985 e. The summed E-state index contributed by atoms with van der Waals surface area (Å²) in [5, 5.41) is 0. The molecule has 0 aromatic heterocycles. The molecule has 16 heavy (non-hydrogen) atoms. The number of unbranched alkanes of at least 4 members (excludes halogenated alkanes) is 2. The van der Waals surface area contributed by atoms with Gasteiger partial charge < -0.3 is 0 Å².